The van der Waals surface area contributed by atoms with Crippen molar-refractivity contribution in [3.8, 4) is 11.8 Å². The Labute approximate surface area is 185 Å². The minimum Gasteiger partial charge on any atom is -0.378 e. The van der Waals surface area contributed by atoms with Crippen LogP contribution in [0.1, 0.15) is 58.5 Å². The lowest BCUT2D eigenvalue weighted by molar-refractivity contribution is -0.137. The second-order valence-corrected chi connectivity index (χ2v) is 8.42. The lowest BCUT2D eigenvalue weighted by Crippen LogP contribution is -2.42. The van der Waals surface area contributed by atoms with E-state index in [4.69, 9.17) is 0 Å². The summed E-state index contributed by atoms with van der Waals surface area (Å²) >= 11 is 0. The molecular weight excluding hydrogens is 419 g/mol. The molecule has 2 aromatic rings. The van der Waals surface area contributed by atoms with Gasteiger partial charge in [-0.05, 0) is 63.1 Å². The van der Waals surface area contributed by atoms with E-state index in [1.807, 2.05) is 0 Å². The predicted molar refractivity (Wildman–Crippen MR) is 114 cm³/mol. The van der Waals surface area contributed by atoms with Gasteiger partial charge in [-0.15, -0.1) is 0 Å². The number of ketones is 1. The molecule has 1 atom stereocenters. The van der Waals surface area contributed by atoms with E-state index in [2.05, 4.69) is 11.8 Å². The number of halogens is 3. The average Bonchev–Trinajstić information content (AvgIpc) is 2.76. The topological polar surface area (TPSA) is 57.6 Å². The quantitative estimate of drug-likeness (QED) is 0.559. The highest BCUT2D eigenvalue weighted by Crippen LogP contribution is 2.31. The zero-order valence-corrected chi connectivity index (χ0v) is 17.9. The zero-order valence-electron chi connectivity index (χ0n) is 17.9. The molecule has 2 aromatic carbocycles. The number of alkyl halides is 3. The van der Waals surface area contributed by atoms with E-state index in [1.165, 1.54) is 12.1 Å². The Morgan fingerprint density at radius 3 is 2.38 bits per heavy atom. The Hall–Kier alpha value is -3.11. The Bertz CT molecular complexity index is 1060. The standard InChI is InChI=1S/C25H24F3NO3/c1-24(2,32)13-12-17-8-10-18(11-9-17)23(31)29-14-4-6-20(16-29)22(30)19-5-3-7-21(15-19)25(26,27)28/h3,5,7-11,15,20,32H,4,6,14,16H2,1-2H3/t20-/m0/s1. The van der Waals surface area contributed by atoms with Gasteiger partial charge < -0.3 is 10.0 Å². The highest BCUT2D eigenvalue weighted by molar-refractivity contribution is 5.99. The van der Waals surface area contributed by atoms with Crippen molar-refractivity contribution in [2.45, 2.75) is 38.5 Å². The van der Waals surface area contributed by atoms with Crippen molar-refractivity contribution in [3.05, 3.63) is 70.8 Å². The van der Waals surface area contributed by atoms with Gasteiger partial charge in [0.05, 0.1) is 5.56 Å². The summed E-state index contributed by atoms with van der Waals surface area (Å²) in [5.41, 5.74) is -0.886. The molecule has 0 bridgehead atoms. The highest BCUT2D eigenvalue weighted by atomic mass is 19.4. The van der Waals surface area contributed by atoms with Gasteiger partial charge in [-0.25, -0.2) is 0 Å². The summed E-state index contributed by atoms with van der Waals surface area (Å²) in [6.07, 6.45) is -3.41. The summed E-state index contributed by atoms with van der Waals surface area (Å²) in [4.78, 5) is 27.3. The molecule has 0 unspecified atom stereocenters. The molecule has 1 aliphatic rings. The molecule has 1 heterocycles. The van der Waals surface area contributed by atoms with Crippen molar-refractivity contribution in [3.63, 3.8) is 0 Å². The van der Waals surface area contributed by atoms with E-state index in [9.17, 15) is 27.9 Å². The first-order valence-corrected chi connectivity index (χ1v) is 10.3. The molecule has 1 aliphatic heterocycles. The summed E-state index contributed by atoms with van der Waals surface area (Å²) in [7, 11) is 0. The highest BCUT2D eigenvalue weighted by Gasteiger charge is 2.33. The molecular formula is C25H24F3NO3. The number of piperidine rings is 1. The Kier molecular flexibility index (Phi) is 6.75. The minimum absolute atomic E-state index is 0.00820. The molecule has 0 aliphatic carbocycles. The number of hydrogen-bond acceptors (Lipinski definition) is 3. The van der Waals surface area contributed by atoms with Gasteiger partial charge in [0.15, 0.2) is 5.78 Å². The lowest BCUT2D eigenvalue weighted by Gasteiger charge is -2.32. The normalized spacial score (nSPS) is 16.8. The molecule has 1 fully saturated rings. The smallest absolute Gasteiger partial charge is 0.378 e. The molecule has 168 valence electrons. The van der Waals surface area contributed by atoms with E-state index < -0.39 is 23.3 Å². The minimum atomic E-state index is -4.52. The van der Waals surface area contributed by atoms with E-state index in [0.29, 0.717) is 30.5 Å². The number of carbonyl (C=O) groups excluding carboxylic acids is 2. The summed E-state index contributed by atoms with van der Waals surface area (Å²) < 4.78 is 38.9. The molecule has 3 rings (SSSR count). The number of carbonyl (C=O) groups is 2. The van der Waals surface area contributed by atoms with Gasteiger partial charge >= 0.3 is 6.18 Å². The van der Waals surface area contributed by atoms with Gasteiger partial charge in [0, 0.05) is 35.7 Å². The van der Waals surface area contributed by atoms with Gasteiger partial charge in [0.2, 0.25) is 0 Å². The lowest BCUT2D eigenvalue weighted by atomic mass is 9.89. The van der Waals surface area contributed by atoms with Crippen molar-refractivity contribution >= 4 is 11.7 Å². The van der Waals surface area contributed by atoms with Crippen LogP contribution in [-0.2, 0) is 6.18 Å². The van der Waals surface area contributed by atoms with Crippen LogP contribution in [0, 0.1) is 17.8 Å². The van der Waals surface area contributed by atoms with Crippen LogP contribution in [0.3, 0.4) is 0 Å². The molecule has 0 aromatic heterocycles. The molecule has 1 saturated heterocycles. The van der Waals surface area contributed by atoms with Crippen LogP contribution >= 0.6 is 0 Å². The summed E-state index contributed by atoms with van der Waals surface area (Å²) in [6, 6.07) is 11.0. The van der Waals surface area contributed by atoms with Crippen LogP contribution in [0.4, 0.5) is 13.2 Å². The van der Waals surface area contributed by atoms with Crippen LogP contribution in [0.15, 0.2) is 48.5 Å². The first-order valence-electron chi connectivity index (χ1n) is 10.3. The molecule has 1 N–H and O–H groups in total. The third-order valence-electron chi connectivity index (χ3n) is 5.20. The number of benzene rings is 2. The molecule has 0 radical (unpaired) electrons. The van der Waals surface area contributed by atoms with Crippen molar-refractivity contribution < 1.29 is 27.9 Å². The van der Waals surface area contributed by atoms with Crippen LogP contribution in [-0.4, -0.2) is 40.4 Å². The molecule has 0 saturated carbocycles. The first kappa shape index (κ1) is 23.6. The Morgan fingerprint density at radius 1 is 1.06 bits per heavy atom. The van der Waals surface area contributed by atoms with Gasteiger partial charge in [-0.3, -0.25) is 9.59 Å². The monoisotopic (exact) mass is 443 g/mol. The number of nitrogens with zero attached hydrogens (tertiary/aromatic N) is 1. The third kappa shape index (κ3) is 5.98. The maximum absolute atomic E-state index is 13.0. The molecule has 4 nitrogen and oxygen atoms in total. The molecule has 32 heavy (non-hydrogen) atoms. The fourth-order valence-electron chi connectivity index (χ4n) is 3.56. The number of rotatable bonds is 3. The molecule has 7 heteroatoms. The number of hydrogen-bond donors (Lipinski definition) is 1. The maximum Gasteiger partial charge on any atom is 0.416 e. The summed E-state index contributed by atoms with van der Waals surface area (Å²) in [5.74, 6) is 4.36. The fourth-order valence-corrected chi connectivity index (χ4v) is 3.56. The Balaban J connectivity index is 1.71. The van der Waals surface area contributed by atoms with Gasteiger partial charge in [-0.1, -0.05) is 24.0 Å². The number of likely N-dealkylation sites (tertiary alicyclic amines) is 1. The molecule has 1 amide bonds. The Morgan fingerprint density at radius 2 is 1.75 bits per heavy atom. The van der Waals surface area contributed by atoms with Crippen LogP contribution in [0.5, 0.6) is 0 Å². The predicted octanol–water partition coefficient (Wildman–Crippen LogP) is 4.56. The van der Waals surface area contributed by atoms with E-state index in [1.54, 1.807) is 43.0 Å². The largest absolute Gasteiger partial charge is 0.416 e. The SMILES string of the molecule is CC(C)(O)C#Cc1ccc(C(=O)N2CCC[C@H](C(=O)c3cccc(C(F)(F)F)c3)C2)cc1. The van der Waals surface area contributed by atoms with E-state index >= 15 is 0 Å². The second kappa shape index (κ2) is 9.17. The van der Waals surface area contributed by atoms with Gasteiger partial charge in [0.25, 0.3) is 5.91 Å². The number of amides is 1. The zero-order chi connectivity index (χ0) is 23.5. The van der Waals surface area contributed by atoms with Crippen LogP contribution in [0.2, 0.25) is 0 Å². The van der Waals surface area contributed by atoms with Crippen molar-refractivity contribution in [1.82, 2.24) is 4.90 Å². The van der Waals surface area contributed by atoms with Gasteiger partial charge in [0.1, 0.15) is 5.60 Å². The van der Waals surface area contributed by atoms with E-state index in [0.717, 1.165) is 12.1 Å². The average molecular weight is 443 g/mol. The maximum atomic E-state index is 13.0. The summed E-state index contributed by atoms with van der Waals surface area (Å²) in [5, 5.41) is 9.68. The van der Waals surface area contributed by atoms with Crippen LogP contribution < -0.4 is 0 Å². The van der Waals surface area contributed by atoms with Crippen molar-refractivity contribution in [2.24, 2.45) is 5.92 Å². The van der Waals surface area contributed by atoms with Crippen LogP contribution in [0.25, 0.3) is 0 Å². The van der Waals surface area contributed by atoms with Crippen molar-refractivity contribution in [2.75, 3.05) is 13.1 Å². The van der Waals surface area contributed by atoms with E-state index in [-0.39, 0.29) is 23.8 Å². The van der Waals surface area contributed by atoms with Gasteiger partial charge in [-0.2, -0.15) is 13.2 Å². The third-order valence-corrected chi connectivity index (χ3v) is 5.20. The van der Waals surface area contributed by atoms with Crippen molar-refractivity contribution in [1.29, 1.82) is 0 Å². The number of aliphatic hydroxyl groups is 1. The fraction of sp³-hybridized carbons (Fsp3) is 0.360. The first-order chi connectivity index (χ1) is 14.9. The number of Topliss-reactive ketones (excluding diaryl/α,β-unsaturated/α-hetero) is 1. The second-order valence-electron chi connectivity index (χ2n) is 8.42. The molecule has 0 spiro atoms. The summed E-state index contributed by atoms with van der Waals surface area (Å²) in [6.45, 7) is 3.79.